The number of carboxylic acid groups (broad SMARTS) is 1. The molecular formula is C24H35NO9. The Bertz CT molecular complexity index is 840. The van der Waals surface area contributed by atoms with Crippen LogP contribution in [0.25, 0.3) is 0 Å². The third-order valence-electron chi connectivity index (χ3n) is 5.09. The molecule has 3 N–H and O–H groups in total. The Labute approximate surface area is 199 Å². The highest BCUT2D eigenvalue weighted by atomic mass is 16.7. The van der Waals surface area contributed by atoms with Crippen molar-refractivity contribution < 1.29 is 43.2 Å². The quantitative estimate of drug-likeness (QED) is 0.228. The molecule has 34 heavy (non-hydrogen) atoms. The summed E-state index contributed by atoms with van der Waals surface area (Å²) >= 11 is 0. The Balaban J connectivity index is 3.14. The molecular weight excluding hydrogens is 446 g/mol. The zero-order chi connectivity index (χ0) is 25.7. The number of benzene rings is 1. The van der Waals surface area contributed by atoms with Crippen molar-refractivity contribution in [1.29, 1.82) is 0 Å². The summed E-state index contributed by atoms with van der Waals surface area (Å²) in [7, 11) is 0. The number of hydrogen-bond donors (Lipinski definition) is 2. The SMILES string of the molecule is CCCCCOC(=O)OCC(C)C(c1ccc(OC(=O)CC)c(OC(=O)CC)c1)[C@H](N)C(=O)O. The molecule has 1 aromatic rings. The fraction of sp³-hybridized carbons (Fsp3) is 0.583. The van der Waals surface area contributed by atoms with Crippen LogP contribution in [-0.2, 0) is 23.9 Å². The van der Waals surface area contributed by atoms with Crippen molar-refractivity contribution in [2.24, 2.45) is 11.7 Å². The molecule has 0 radical (unpaired) electrons. The van der Waals surface area contributed by atoms with Gasteiger partial charge < -0.3 is 29.8 Å². The van der Waals surface area contributed by atoms with Crippen LogP contribution in [0.15, 0.2) is 18.2 Å². The number of unbranched alkanes of at least 4 members (excludes halogenated alkanes) is 2. The maximum atomic E-state index is 11.9. The van der Waals surface area contributed by atoms with Crippen LogP contribution in [0.3, 0.4) is 0 Å². The van der Waals surface area contributed by atoms with E-state index in [2.05, 4.69) is 0 Å². The fourth-order valence-electron chi connectivity index (χ4n) is 3.18. The van der Waals surface area contributed by atoms with Gasteiger partial charge in [0.2, 0.25) is 0 Å². The average Bonchev–Trinajstić information content (AvgIpc) is 2.81. The van der Waals surface area contributed by atoms with Crippen molar-refractivity contribution in [3.63, 3.8) is 0 Å². The van der Waals surface area contributed by atoms with E-state index in [0.29, 0.717) is 5.56 Å². The summed E-state index contributed by atoms with van der Waals surface area (Å²) in [6.07, 6.45) is 1.98. The molecule has 1 aromatic carbocycles. The van der Waals surface area contributed by atoms with E-state index in [0.717, 1.165) is 19.3 Å². The number of ether oxygens (including phenoxy) is 4. The van der Waals surface area contributed by atoms with Crippen molar-refractivity contribution in [2.75, 3.05) is 13.2 Å². The molecule has 0 aromatic heterocycles. The van der Waals surface area contributed by atoms with Gasteiger partial charge in [0, 0.05) is 18.8 Å². The minimum Gasteiger partial charge on any atom is -0.480 e. The summed E-state index contributed by atoms with van der Waals surface area (Å²) in [6, 6.07) is 3.02. The Morgan fingerprint density at radius 2 is 1.56 bits per heavy atom. The lowest BCUT2D eigenvalue weighted by Crippen LogP contribution is -2.40. The third-order valence-corrected chi connectivity index (χ3v) is 5.09. The standard InChI is InChI=1S/C24H35NO9/c1-5-8-9-12-31-24(30)32-14-15(4)21(22(25)23(28)29)16-10-11-17(33-19(26)6-2)18(13-16)34-20(27)7-3/h10-11,13,15,21-22H,5-9,12,14,25H2,1-4H3,(H,28,29)/t15?,21?,22-/m0/s1. The number of hydrogen-bond acceptors (Lipinski definition) is 9. The summed E-state index contributed by atoms with van der Waals surface area (Å²) in [5, 5.41) is 9.55. The predicted octanol–water partition coefficient (Wildman–Crippen LogP) is 3.79. The summed E-state index contributed by atoms with van der Waals surface area (Å²) in [6.45, 7) is 7.03. The normalized spacial score (nSPS) is 13.3. The summed E-state index contributed by atoms with van der Waals surface area (Å²) in [5.74, 6) is -3.70. The Morgan fingerprint density at radius 1 is 0.941 bits per heavy atom. The van der Waals surface area contributed by atoms with Crippen LogP contribution >= 0.6 is 0 Å². The van der Waals surface area contributed by atoms with Gasteiger partial charge in [0.1, 0.15) is 6.04 Å². The second-order valence-electron chi connectivity index (χ2n) is 7.85. The van der Waals surface area contributed by atoms with Gasteiger partial charge in [0.25, 0.3) is 0 Å². The van der Waals surface area contributed by atoms with Crippen LogP contribution in [0.1, 0.15) is 71.3 Å². The van der Waals surface area contributed by atoms with Crippen LogP contribution in [0.5, 0.6) is 11.5 Å². The van der Waals surface area contributed by atoms with Gasteiger partial charge in [0.15, 0.2) is 11.5 Å². The van der Waals surface area contributed by atoms with Crippen LogP contribution in [-0.4, -0.2) is 48.4 Å². The van der Waals surface area contributed by atoms with Crippen molar-refractivity contribution in [3.05, 3.63) is 23.8 Å². The number of esters is 2. The predicted molar refractivity (Wildman–Crippen MR) is 123 cm³/mol. The molecule has 0 aliphatic heterocycles. The molecule has 0 fully saturated rings. The number of carbonyl (C=O) groups excluding carboxylic acids is 3. The highest BCUT2D eigenvalue weighted by molar-refractivity contribution is 5.77. The second-order valence-corrected chi connectivity index (χ2v) is 7.85. The van der Waals surface area contributed by atoms with E-state index in [1.165, 1.54) is 18.2 Å². The first-order valence-corrected chi connectivity index (χ1v) is 11.5. The molecule has 10 heteroatoms. The van der Waals surface area contributed by atoms with Gasteiger partial charge in [-0.25, -0.2) is 4.79 Å². The zero-order valence-electron chi connectivity index (χ0n) is 20.2. The van der Waals surface area contributed by atoms with Crippen LogP contribution < -0.4 is 15.2 Å². The van der Waals surface area contributed by atoms with Gasteiger partial charge in [-0.15, -0.1) is 0 Å². The molecule has 0 heterocycles. The topological polar surface area (TPSA) is 151 Å². The van der Waals surface area contributed by atoms with E-state index in [-0.39, 0.29) is 37.6 Å². The van der Waals surface area contributed by atoms with E-state index in [1.54, 1.807) is 20.8 Å². The lowest BCUT2D eigenvalue weighted by atomic mass is 9.82. The highest BCUT2D eigenvalue weighted by Crippen LogP contribution is 2.36. The summed E-state index contributed by atoms with van der Waals surface area (Å²) < 4.78 is 20.7. The molecule has 0 aliphatic rings. The number of carbonyl (C=O) groups is 4. The van der Waals surface area contributed by atoms with E-state index in [4.69, 9.17) is 24.7 Å². The first kappa shape index (κ1) is 28.9. The van der Waals surface area contributed by atoms with Gasteiger partial charge in [-0.1, -0.05) is 46.6 Å². The molecule has 3 atom stereocenters. The monoisotopic (exact) mass is 481 g/mol. The largest absolute Gasteiger partial charge is 0.508 e. The first-order chi connectivity index (χ1) is 16.1. The fourth-order valence-corrected chi connectivity index (χ4v) is 3.18. The van der Waals surface area contributed by atoms with Gasteiger partial charge in [-0.3, -0.25) is 14.4 Å². The molecule has 0 bridgehead atoms. The number of aliphatic carboxylic acids is 1. The van der Waals surface area contributed by atoms with Crippen molar-refractivity contribution >= 4 is 24.1 Å². The molecule has 190 valence electrons. The lowest BCUT2D eigenvalue weighted by Gasteiger charge is -2.28. The summed E-state index contributed by atoms with van der Waals surface area (Å²) in [5.41, 5.74) is 6.38. The van der Waals surface area contributed by atoms with Gasteiger partial charge >= 0.3 is 24.1 Å². The second kappa shape index (κ2) is 14.9. The minimum atomic E-state index is -1.35. The Hall–Kier alpha value is -3.14. The van der Waals surface area contributed by atoms with Crippen LogP contribution in [0.2, 0.25) is 0 Å². The molecule has 2 unspecified atom stereocenters. The van der Waals surface area contributed by atoms with E-state index in [1.807, 2.05) is 6.92 Å². The maximum absolute atomic E-state index is 11.9. The Kier molecular flexibility index (Phi) is 12.7. The first-order valence-electron chi connectivity index (χ1n) is 11.5. The number of carboxylic acids is 1. The molecule has 0 amide bonds. The Morgan fingerprint density at radius 3 is 2.12 bits per heavy atom. The molecule has 0 aliphatic carbocycles. The minimum absolute atomic E-state index is 0.0274. The van der Waals surface area contributed by atoms with E-state index < -0.39 is 41.9 Å². The van der Waals surface area contributed by atoms with Gasteiger partial charge in [-0.05, 0) is 30.0 Å². The smallest absolute Gasteiger partial charge is 0.480 e. The van der Waals surface area contributed by atoms with Crippen molar-refractivity contribution in [3.8, 4) is 11.5 Å². The maximum Gasteiger partial charge on any atom is 0.508 e. The average molecular weight is 482 g/mol. The molecule has 0 saturated carbocycles. The van der Waals surface area contributed by atoms with Crippen molar-refractivity contribution in [1.82, 2.24) is 0 Å². The van der Waals surface area contributed by atoms with Crippen molar-refractivity contribution in [2.45, 2.75) is 71.8 Å². The molecule has 0 saturated heterocycles. The number of rotatable bonds is 14. The molecule has 1 rings (SSSR count). The highest BCUT2D eigenvalue weighted by Gasteiger charge is 2.32. The number of nitrogens with two attached hydrogens (primary N) is 1. The van der Waals surface area contributed by atoms with E-state index >= 15 is 0 Å². The molecule has 10 nitrogen and oxygen atoms in total. The molecule has 0 spiro atoms. The van der Waals surface area contributed by atoms with E-state index in [9.17, 15) is 24.3 Å². The van der Waals surface area contributed by atoms with Gasteiger partial charge in [0.05, 0.1) is 13.2 Å². The van der Waals surface area contributed by atoms with Gasteiger partial charge in [-0.2, -0.15) is 0 Å². The third kappa shape index (κ3) is 9.38. The van der Waals surface area contributed by atoms with Crippen LogP contribution in [0, 0.1) is 5.92 Å². The summed E-state index contributed by atoms with van der Waals surface area (Å²) in [4.78, 5) is 47.2. The van der Waals surface area contributed by atoms with Crippen LogP contribution in [0.4, 0.5) is 4.79 Å². The lowest BCUT2D eigenvalue weighted by molar-refractivity contribution is -0.139. The zero-order valence-corrected chi connectivity index (χ0v) is 20.2.